The third-order valence-corrected chi connectivity index (χ3v) is 5.19. The van der Waals surface area contributed by atoms with Crippen LogP contribution in [-0.4, -0.2) is 25.5 Å². The molecule has 0 spiro atoms. The molecule has 0 aliphatic rings. The summed E-state index contributed by atoms with van der Waals surface area (Å²) in [5.41, 5.74) is 3.08. The van der Waals surface area contributed by atoms with Crippen molar-refractivity contribution >= 4 is 35.1 Å². The van der Waals surface area contributed by atoms with E-state index in [1.807, 2.05) is 30.3 Å². The Labute approximate surface area is 179 Å². The second kappa shape index (κ2) is 9.59. The molecule has 1 amide bonds. The van der Waals surface area contributed by atoms with Crippen molar-refractivity contribution in [3.8, 4) is 11.1 Å². The van der Waals surface area contributed by atoms with Crippen LogP contribution in [0.4, 0.5) is 0 Å². The highest BCUT2D eigenvalue weighted by Gasteiger charge is 2.16. The average molecular weight is 428 g/mol. The lowest BCUT2D eigenvalue weighted by atomic mass is 9.98. The van der Waals surface area contributed by atoms with E-state index in [0.717, 1.165) is 5.56 Å². The van der Waals surface area contributed by atoms with Gasteiger partial charge in [0.15, 0.2) is 0 Å². The summed E-state index contributed by atoms with van der Waals surface area (Å²) in [6, 6.07) is 19.7. The van der Waals surface area contributed by atoms with E-state index in [0.29, 0.717) is 45.3 Å². The standard InChI is InChI=1S/C23H19Cl2NO3/c1-29-23(28)18-8-4-3-7-17(18)16-10-11-21(25)19(14-16)22(27)26-13-12-15-6-2-5-9-20(15)24/h2-11,14H,12-13H2,1H3,(H,26,27). The summed E-state index contributed by atoms with van der Waals surface area (Å²) in [6.07, 6.45) is 0.605. The largest absolute Gasteiger partial charge is 0.465 e. The highest BCUT2D eigenvalue weighted by atomic mass is 35.5. The normalized spacial score (nSPS) is 10.4. The molecule has 0 aromatic heterocycles. The second-order valence-electron chi connectivity index (χ2n) is 6.33. The third kappa shape index (κ3) is 4.97. The summed E-state index contributed by atoms with van der Waals surface area (Å²) in [4.78, 5) is 24.7. The molecule has 0 fully saturated rings. The minimum atomic E-state index is -0.443. The van der Waals surface area contributed by atoms with Crippen LogP contribution in [0.5, 0.6) is 0 Å². The maximum atomic E-state index is 12.7. The summed E-state index contributed by atoms with van der Waals surface area (Å²) in [5.74, 6) is -0.735. The van der Waals surface area contributed by atoms with E-state index in [1.54, 1.807) is 36.4 Å². The number of hydrogen-bond donors (Lipinski definition) is 1. The van der Waals surface area contributed by atoms with Crippen LogP contribution in [-0.2, 0) is 11.2 Å². The van der Waals surface area contributed by atoms with Gasteiger partial charge in [-0.1, -0.05) is 65.7 Å². The summed E-state index contributed by atoms with van der Waals surface area (Å²) in [5, 5.41) is 3.87. The summed E-state index contributed by atoms with van der Waals surface area (Å²) >= 11 is 12.4. The monoisotopic (exact) mass is 427 g/mol. The molecule has 0 atom stereocenters. The molecule has 0 unspecified atom stereocenters. The first-order valence-electron chi connectivity index (χ1n) is 9.00. The van der Waals surface area contributed by atoms with Gasteiger partial charge in [-0.05, 0) is 47.4 Å². The zero-order chi connectivity index (χ0) is 20.8. The van der Waals surface area contributed by atoms with Crippen LogP contribution >= 0.6 is 23.2 Å². The van der Waals surface area contributed by atoms with Crippen molar-refractivity contribution in [2.24, 2.45) is 0 Å². The van der Waals surface area contributed by atoms with Crippen molar-refractivity contribution in [2.75, 3.05) is 13.7 Å². The van der Waals surface area contributed by atoms with Gasteiger partial charge >= 0.3 is 5.97 Å². The quantitative estimate of drug-likeness (QED) is 0.534. The number of rotatable bonds is 6. The van der Waals surface area contributed by atoms with Crippen molar-refractivity contribution in [3.05, 3.63) is 93.5 Å². The van der Waals surface area contributed by atoms with Gasteiger partial charge in [-0.15, -0.1) is 0 Å². The summed E-state index contributed by atoms with van der Waals surface area (Å²) in [7, 11) is 1.33. The number of carbonyl (C=O) groups is 2. The number of halogens is 2. The van der Waals surface area contributed by atoms with Crippen molar-refractivity contribution in [1.29, 1.82) is 0 Å². The van der Waals surface area contributed by atoms with Crippen LogP contribution < -0.4 is 5.32 Å². The number of ether oxygens (including phenoxy) is 1. The van der Waals surface area contributed by atoms with Gasteiger partial charge in [-0.2, -0.15) is 0 Å². The van der Waals surface area contributed by atoms with Crippen LogP contribution in [0.3, 0.4) is 0 Å². The fraction of sp³-hybridized carbons (Fsp3) is 0.130. The number of amides is 1. The predicted molar refractivity (Wildman–Crippen MR) is 116 cm³/mol. The minimum absolute atomic E-state index is 0.292. The van der Waals surface area contributed by atoms with E-state index >= 15 is 0 Å². The first-order valence-corrected chi connectivity index (χ1v) is 9.75. The van der Waals surface area contributed by atoms with Crippen molar-refractivity contribution in [2.45, 2.75) is 6.42 Å². The van der Waals surface area contributed by atoms with Gasteiger partial charge in [0.2, 0.25) is 0 Å². The third-order valence-electron chi connectivity index (χ3n) is 4.49. The Balaban J connectivity index is 1.80. The lowest BCUT2D eigenvalue weighted by Crippen LogP contribution is -2.26. The molecule has 29 heavy (non-hydrogen) atoms. The lowest BCUT2D eigenvalue weighted by molar-refractivity contribution is 0.0601. The average Bonchev–Trinajstić information content (AvgIpc) is 2.74. The second-order valence-corrected chi connectivity index (χ2v) is 7.14. The Morgan fingerprint density at radius 1 is 0.897 bits per heavy atom. The fourth-order valence-corrected chi connectivity index (χ4v) is 3.43. The van der Waals surface area contributed by atoms with Gasteiger partial charge in [0, 0.05) is 11.6 Å². The van der Waals surface area contributed by atoms with E-state index in [1.165, 1.54) is 7.11 Å². The Hall–Kier alpha value is -2.82. The first kappa shape index (κ1) is 20.9. The SMILES string of the molecule is COC(=O)c1ccccc1-c1ccc(Cl)c(C(=O)NCCc2ccccc2Cl)c1. The van der Waals surface area contributed by atoms with Crippen molar-refractivity contribution in [1.82, 2.24) is 5.32 Å². The number of methoxy groups -OCH3 is 1. The summed E-state index contributed by atoms with van der Waals surface area (Å²) < 4.78 is 4.85. The highest BCUT2D eigenvalue weighted by molar-refractivity contribution is 6.34. The zero-order valence-corrected chi connectivity index (χ0v) is 17.3. The molecule has 148 valence electrons. The Kier molecular flexibility index (Phi) is 6.91. The molecule has 3 rings (SSSR count). The van der Waals surface area contributed by atoms with Crippen LogP contribution in [0, 0.1) is 0 Å². The number of hydrogen-bond acceptors (Lipinski definition) is 3. The van der Waals surface area contributed by atoms with Crippen LogP contribution in [0.25, 0.3) is 11.1 Å². The van der Waals surface area contributed by atoms with Gasteiger partial charge in [0.1, 0.15) is 0 Å². The smallest absolute Gasteiger partial charge is 0.338 e. The fourth-order valence-electron chi connectivity index (χ4n) is 3.00. The van der Waals surface area contributed by atoms with E-state index in [2.05, 4.69) is 5.32 Å². The van der Waals surface area contributed by atoms with Crippen LogP contribution in [0.1, 0.15) is 26.3 Å². The van der Waals surface area contributed by atoms with Crippen molar-refractivity contribution in [3.63, 3.8) is 0 Å². The van der Waals surface area contributed by atoms with Crippen LogP contribution in [0.15, 0.2) is 66.7 Å². The molecule has 4 nitrogen and oxygen atoms in total. The van der Waals surface area contributed by atoms with Crippen molar-refractivity contribution < 1.29 is 14.3 Å². The van der Waals surface area contributed by atoms with Crippen LogP contribution in [0.2, 0.25) is 10.0 Å². The molecule has 0 bridgehead atoms. The molecule has 6 heteroatoms. The molecule has 1 N–H and O–H groups in total. The molecule has 0 radical (unpaired) electrons. The maximum absolute atomic E-state index is 12.7. The van der Waals surface area contributed by atoms with E-state index < -0.39 is 5.97 Å². The summed E-state index contributed by atoms with van der Waals surface area (Å²) in [6.45, 7) is 0.419. The highest BCUT2D eigenvalue weighted by Crippen LogP contribution is 2.28. The molecule has 0 aliphatic carbocycles. The molecular formula is C23H19Cl2NO3. The number of nitrogens with one attached hydrogen (secondary N) is 1. The Morgan fingerprint density at radius 3 is 2.38 bits per heavy atom. The maximum Gasteiger partial charge on any atom is 0.338 e. The van der Waals surface area contributed by atoms with E-state index in [4.69, 9.17) is 27.9 Å². The molecule has 3 aromatic carbocycles. The van der Waals surface area contributed by atoms with E-state index in [9.17, 15) is 9.59 Å². The Bertz CT molecular complexity index is 1050. The predicted octanol–water partition coefficient (Wildman–Crippen LogP) is 5.42. The molecule has 0 aliphatic heterocycles. The first-order chi connectivity index (χ1) is 14.0. The van der Waals surface area contributed by atoms with E-state index in [-0.39, 0.29) is 5.91 Å². The molecule has 0 saturated carbocycles. The number of carbonyl (C=O) groups excluding carboxylic acids is 2. The minimum Gasteiger partial charge on any atom is -0.465 e. The Morgan fingerprint density at radius 2 is 1.62 bits per heavy atom. The van der Waals surface area contributed by atoms with Gasteiger partial charge < -0.3 is 10.1 Å². The van der Waals surface area contributed by atoms with Gasteiger partial charge in [-0.3, -0.25) is 4.79 Å². The topological polar surface area (TPSA) is 55.4 Å². The number of esters is 1. The molecular weight excluding hydrogens is 409 g/mol. The van der Waals surface area contributed by atoms with Gasteiger partial charge in [0.25, 0.3) is 5.91 Å². The lowest BCUT2D eigenvalue weighted by Gasteiger charge is -2.12. The molecule has 0 heterocycles. The van der Waals surface area contributed by atoms with Gasteiger partial charge in [0.05, 0.1) is 23.3 Å². The molecule has 0 saturated heterocycles. The number of benzene rings is 3. The van der Waals surface area contributed by atoms with Gasteiger partial charge in [-0.25, -0.2) is 4.79 Å². The molecule has 3 aromatic rings. The zero-order valence-electron chi connectivity index (χ0n) is 15.7.